The number of benzene rings is 1. The fourth-order valence-corrected chi connectivity index (χ4v) is 2.68. The Balaban J connectivity index is 2.35. The number of hydrogen-bond acceptors (Lipinski definition) is 2. The molecular formula is C12H16BrNO. The van der Waals surface area contributed by atoms with Crippen LogP contribution >= 0.6 is 15.9 Å². The van der Waals surface area contributed by atoms with Crippen molar-refractivity contribution >= 4 is 15.9 Å². The molecule has 0 saturated carbocycles. The number of hydrogen-bond donors (Lipinski definition) is 1. The van der Waals surface area contributed by atoms with Gasteiger partial charge in [0.1, 0.15) is 5.75 Å². The van der Waals surface area contributed by atoms with Gasteiger partial charge in [-0.2, -0.15) is 0 Å². The Morgan fingerprint density at radius 2 is 2.27 bits per heavy atom. The van der Waals surface area contributed by atoms with E-state index in [-0.39, 0.29) is 0 Å². The number of nitrogens with one attached hydrogen (secondary N) is 1. The lowest BCUT2D eigenvalue weighted by Crippen LogP contribution is -2.14. The minimum Gasteiger partial charge on any atom is -0.496 e. The second kappa shape index (κ2) is 4.54. The Labute approximate surface area is 99.1 Å². The fourth-order valence-electron chi connectivity index (χ4n) is 2.15. The molecule has 0 spiro atoms. The van der Waals surface area contributed by atoms with Gasteiger partial charge in [0.05, 0.1) is 11.6 Å². The highest BCUT2D eigenvalue weighted by atomic mass is 79.9. The highest BCUT2D eigenvalue weighted by Gasteiger charge is 2.19. The van der Waals surface area contributed by atoms with E-state index in [1.54, 1.807) is 7.11 Å². The van der Waals surface area contributed by atoms with Gasteiger partial charge in [0.2, 0.25) is 0 Å². The second-order valence-electron chi connectivity index (χ2n) is 3.99. The van der Waals surface area contributed by atoms with Gasteiger partial charge in [0, 0.05) is 6.04 Å². The molecule has 1 heterocycles. The van der Waals surface area contributed by atoms with Crippen molar-refractivity contribution in [2.24, 2.45) is 0 Å². The SMILES string of the molecule is COc1cc(C)c(C2CCCN2)cc1Br. The lowest BCUT2D eigenvalue weighted by Gasteiger charge is -2.16. The van der Waals surface area contributed by atoms with Crippen LogP contribution in [0.5, 0.6) is 5.75 Å². The number of halogens is 1. The minimum atomic E-state index is 0.521. The zero-order valence-electron chi connectivity index (χ0n) is 9.14. The average Bonchev–Trinajstić information content (AvgIpc) is 2.74. The summed E-state index contributed by atoms with van der Waals surface area (Å²) in [5, 5.41) is 3.52. The lowest BCUT2D eigenvalue weighted by atomic mass is 10.00. The molecule has 15 heavy (non-hydrogen) atoms. The van der Waals surface area contributed by atoms with Crippen molar-refractivity contribution in [2.45, 2.75) is 25.8 Å². The number of aryl methyl sites for hydroxylation is 1. The van der Waals surface area contributed by atoms with Crippen molar-refractivity contribution in [3.63, 3.8) is 0 Å². The molecule has 3 heteroatoms. The monoisotopic (exact) mass is 269 g/mol. The van der Waals surface area contributed by atoms with Gasteiger partial charge in [-0.25, -0.2) is 0 Å². The predicted molar refractivity (Wildman–Crippen MR) is 65.4 cm³/mol. The molecule has 0 aliphatic carbocycles. The van der Waals surface area contributed by atoms with Crippen LogP contribution in [-0.4, -0.2) is 13.7 Å². The molecule has 1 fully saturated rings. The summed E-state index contributed by atoms with van der Waals surface area (Å²) in [6.45, 7) is 3.28. The normalized spacial score (nSPS) is 20.6. The molecular weight excluding hydrogens is 254 g/mol. The van der Waals surface area contributed by atoms with E-state index in [1.807, 2.05) is 0 Å². The summed E-state index contributed by atoms with van der Waals surface area (Å²) in [5.74, 6) is 0.911. The molecule has 0 aromatic heterocycles. The van der Waals surface area contributed by atoms with Gasteiger partial charge in [-0.3, -0.25) is 0 Å². The molecule has 0 radical (unpaired) electrons. The van der Waals surface area contributed by atoms with Crippen LogP contribution in [0.1, 0.15) is 30.0 Å². The van der Waals surface area contributed by atoms with Gasteiger partial charge in [-0.15, -0.1) is 0 Å². The topological polar surface area (TPSA) is 21.3 Å². The Morgan fingerprint density at radius 3 is 2.87 bits per heavy atom. The first-order chi connectivity index (χ1) is 7.22. The summed E-state index contributed by atoms with van der Waals surface area (Å²) in [6, 6.07) is 4.79. The van der Waals surface area contributed by atoms with Crippen molar-refractivity contribution in [3.8, 4) is 5.75 Å². The first-order valence-corrected chi connectivity index (χ1v) is 6.09. The van der Waals surface area contributed by atoms with Crippen molar-refractivity contribution in [1.82, 2.24) is 5.32 Å². The number of methoxy groups -OCH3 is 1. The average molecular weight is 270 g/mol. The van der Waals surface area contributed by atoms with Crippen LogP contribution in [0.25, 0.3) is 0 Å². The summed E-state index contributed by atoms with van der Waals surface area (Å²) in [7, 11) is 1.70. The van der Waals surface area contributed by atoms with Crippen molar-refractivity contribution in [3.05, 3.63) is 27.7 Å². The van der Waals surface area contributed by atoms with E-state index in [4.69, 9.17) is 4.74 Å². The van der Waals surface area contributed by atoms with E-state index >= 15 is 0 Å². The summed E-state index contributed by atoms with van der Waals surface area (Å²) in [6.07, 6.45) is 2.51. The van der Waals surface area contributed by atoms with Gasteiger partial charge in [-0.05, 0) is 65.5 Å². The first-order valence-electron chi connectivity index (χ1n) is 5.30. The highest BCUT2D eigenvalue weighted by molar-refractivity contribution is 9.10. The summed E-state index contributed by atoms with van der Waals surface area (Å²) in [4.78, 5) is 0. The molecule has 1 saturated heterocycles. The standard InChI is InChI=1S/C12H16BrNO/c1-8-6-12(15-2)10(13)7-9(8)11-4-3-5-14-11/h6-7,11,14H,3-5H2,1-2H3. The van der Waals surface area contributed by atoms with Gasteiger partial charge in [0.25, 0.3) is 0 Å². The molecule has 1 atom stereocenters. The molecule has 1 aromatic rings. The minimum absolute atomic E-state index is 0.521. The van der Waals surface area contributed by atoms with Gasteiger partial charge in [0.15, 0.2) is 0 Å². The molecule has 1 aliphatic rings. The molecule has 82 valence electrons. The quantitative estimate of drug-likeness (QED) is 0.891. The van der Waals surface area contributed by atoms with Gasteiger partial charge >= 0.3 is 0 Å². The number of ether oxygens (including phenoxy) is 1. The van der Waals surface area contributed by atoms with E-state index in [9.17, 15) is 0 Å². The smallest absolute Gasteiger partial charge is 0.133 e. The maximum atomic E-state index is 5.28. The Kier molecular flexibility index (Phi) is 3.32. The first kappa shape index (κ1) is 11.0. The predicted octanol–water partition coefficient (Wildman–Crippen LogP) is 3.19. The van der Waals surface area contributed by atoms with E-state index in [2.05, 4.69) is 40.3 Å². The van der Waals surface area contributed by atoms with Crippen LogP contribution in [-0.2, 0) is 0 Å². The maximum Gasteiger partial charge on any atom is 0.133 e. The van der Waals surface area contributed by atoms with E-state index in [0.717, 1.165) is 16.8 Å². The third-order valence-electron chi connectivity index (χ3n) is 2.98. The van der Waals surface area contributed by atoms with Crippen LogP contribution in [0.4, 0.5) is 0 Å². The van der Waals surface area contributed by atoms with Crippen LogP contribution in [0.2, 0.25) is 0 Å². The van der Waals surface area contributed by atoms with Crippen molar-refractivity contribution in [2.75, 3.05) is 13.7 Å². The van der Waals surface area contributed by atoms with Crippen LogP contribution < -0.4 is 10.1 Å². The third kappa shape index (κ3) is 2.18. The fraction of sp³-hybridized carbons (Fsp3) is 0.500. The molecule has 2 rings (SSSR count). The van der Waals surface area contributed by atoms with Crippen LogP contribution in [0.3, 0.4) is 0 Å². The largest absolute Gasteiger partial charge is 0.496 e. The second-order valence-corrected chi connectivity index (χ2v) is 4.85. The lowest BCUT2D eigenvalue weighted by molar-refractivity contribution is 0.411. The summed E-state index contributed by atoms with van der Waals surface area (Å²) < 4.78 is 6.32. The van der Waals surface area contributed by atoms with Crippen LogP contribution in [0, 0.1) is 6.92 Å². The molecule has 0 amide bonds. The molecule has 1 aromatic carbocycles. The zero-order valence-corrected chi connectivity index (χ0v) is 10.7. The number of rotatable bonds is 2. The van der Waals surface area contributed by atoms with Gasteiger partial charge < -0.3 is 10.1 Å². The van der Waals surface area contributed by atoms with Crippen molar-refractivity contribution in [1.29, 1.82) is 0 Å². The Bertz CT molecular complexity index is 359. The molecule has 1 aliphatic heterocycles. The summed E-state index contributed by atoms with van der Waals surface area (Å²) >= 11 is 3.54. The Hall–Kier alpha value is -0.540. The van der Waals surface area contributed by atoms with Crippen LogP contribution in [0.15, 0.2) is 16.6 Å². The highest BCUT2D eigenvalue weighted by Crippen LogP contribution is 2.33. The maximum absolute atomic E-state index is 5.28. The third-order valence-corrected chi connectivity index (χ3v) is 3.60. The van der Waals surface area contributed by atoms with E-state index in [0.29, 0.717) is 6.04 Å². The molecule has 2 nitrogen and oxygen atoms in total. The van der Waals surface area contributed by atoms with Gasteiger partial charge in [-0.1, -0.05) is 0 Å². The summed E-state index contributed by atoms with van der Waals surface area (Å²) in [5.41, 5.74) is 2.69. The van der Waals surface area contributed by atoms with E-state index < -0.39 is 0 Å². The Morgan fingerprint density at radius 1 is 1.47 bits per heavy atom. The van der Waals surface area contributed by atoms with E-state index in [1.165, 1.54) is 24.0 Å². The zero-order chi connectivity index (χ0) is 10.8. The molecule has 1 unspecified atom stereocenters. The van der Waals surface area contributed by atoms with Crippen molar-refractivity contribution < 1.29 is 4.74 Å². The molecule has 1 N–H and O–H groups in total. The molecule has 0 bridgehead atoms.